The average molecular weight is 237 g/mol. The molecule has 2 rings (SSSR count). The Balaban J connectivity index is 2.19. The molecule has 1 amide bonds. The molecule has 4 nitrogen and oxygen atoms in total. The molecule has 1 saturated carbocycles. The summed E-state index contributed by atoms with van der Waals surface area (Å²) in [4.78, 5) is 22.3. The molecule has 1 aliphatic carbocycles. The van der Waals surface area contributed by atoms with Crippen molar-refractivity contribution in [2.75, 3.05) is 6.54 Å². The van der Waals surface area contributed by atoms with Crippen molar-refractivity contribution in [2.45, 2.75) is 31.5 Å². The highest BCUT2D eigenvalue weighted by atomic mass is 19.4. The number of rotatable bonds is 1. The zero-order valence-corrected chi connectivity index (χ0v) is 8.25. The number of carbonyl (C=O) groups is 2. The van der Waals surface area contributed by atoms with E-state index in [2.05, 4.69) is 0 Å². The second-order valence-electron chi connectivity index (χ2n) is 4.49. The number of halogens is 3. The van der Waals surface area contributed by atoms with Gasteiger partial charge in [-0.25, -0.2) is 4.79 Å². The Labute approximate surface area is 89.0 Å². The standard InChI is InChI=1S/C9H10F3NO3/c10-9(11,12)7(16)13-4-8(1-2-8)3-5(13)6(14)15/h5H,1-4H2,(H,14,15)/t5-/m0/s1. The molecule has 0 aromatic carbocycles. The molecule has 2 aliphatic rings. The first-order valence-corrected chi connectivity index (χ1v) is 4.86. The van der Waals surface area contributed by atoms with Crippen LogP contribution in [0.2, 0.25) is 0 Å². The zero-order valence-electron chi connectivity index (χ0n) is 8.25. The fourth-order valence-electron chi connectivity index (χ4n) is 2.19. The van der Waals surface area contributed by atoms with E-state index in [-0.39, 0.29) is 18.4 Å². The van der Waals surface area contributed by atoms with Gasteiger partial charge in [0.2, 0.25) is 0 Å². The van der Waals surface area contributed by atoms with Crippen LogP contribution in [0.4, 0.5) is 13.2 Å². The fourth-order valence-corrected chi connectivity index (χ4v) is 2.19. The van der Waals surface area contributed by atoms with Crippen LogP contribution in [0, 0.1) is 5.41 Å². The lowest BCUT2D eigenvalue weighted by atomic mass is 10.0. The topological polar surface area (TPSA) is 57.6 Å². The van der Waals surface area contributed by atoms with Gasteiger partial charge in [0.1, 0.15) is 6.04 Å². The number of hydrogen-bond donors (Lipinski definition) is 1. The van der Waals surface area contributed by atoms with Crippen LogP contribution in [0.3, 0.4) is 0 Å². The second kappa shape index (κ2) is 3.11. The first-order valence-electron chi connectivity index (χ1n) is 4.86. The molecule has 2 fully saturated rings. The van der Waals surface area contributed by atoms with Crippen LogP contribution in [0.1, 0.15) is 19.3 Å². The molecule has 1 atom stereocenters. The average Bonchev–Trinajstić information content (AvgIpc) is 2.74. The minimum absolute atomic E-state index is 0.0810. The molecular formula is C9H10F3NO3. The molecule has 0 aromatic rings. The molecule has 1 heterocycles. The molecular weight excluding hydrogens is 227 g/mol. The Morgan fingerprint density at radius 1 is 1.31 bits per heavy atom. The van der Waals surface area contributed by atoms with E-state index in [0.717, 1.165) is 0 Å². The van der Waals surface area contributed by atoms with Crippen LogP contribution in [0.15, 0.2) is 0 Å². The van der Waals surface area contributed by atoms with Gasteiger partial charge in [-0.05, 0) is 24.7 Å². The van der Waals surface area contributed by atoms with Gasteiger partial charge in [-0.15, -0.1) is 0 Å². The fraction of sp³-hybridized carbons (Fsp3) is 0.778. The number of aliphatic carboxylic acids is 1. The summed E-state index contributed by atoms with van der Waals surface area (Å²) in [6, 6.07) is -1.32. The number of carboxylic acid groups (broad SMARTS) is 1. The Bertz CT molecular complexity index is 348. The van der Waals surface area contributed by atoms with Gasteiger partial charge in [0.25, 0.3) is 0 Å². The van der Waals surface area contributed by atoms with E-state index >= 15 is 0 Å². The maximum Gasteiger partial charge on any atom is 0.471 e. The molecule has 0 aromatic heterocycles. The van der Waals surface area contributed by atoms with Gasteiger partial charge in [0.05, 0.1) is 0 Å². The van der Waals surface area contributed by atoms with Crippen LogP contribution in [-0.2, 0) is 9.59 Å². The van der Waals surface area contributed by atoms with Gasteiger partial charge in [-0.3, -0.25) is 4.79 Å². The zero-order chi connectivity index (χ0) is 12.1. The molecule has 1 N–H and O–H groups in total. The minimum atomic E-state index is -4.99. The highest BCUT2D eigenvalue weighted by molar-refractivity contribution is 5.88. The van der Waals surface area contributed by atoms with E-state index < -0.39 is 24.1 Å². The second-order valence-corrected chi connectivity index (χ2v) is 4.49. The Hall–Kier alpha value is -1.27. The van der Waals surface area contributed by atoms with Gasteiger partial charge >= 0.3 is 18.1 Å². The summed E-state index contributed by atoms with van der Waals surface area (Å²) < 4.78 is 36.7. The number of nitrogens with zero attached hydrogens (tertiary/aromatic N) is 1. The molecule has 16 heavy (non-hydrogen) atoms. The van der Waals surface area contributed by atoms with Crippen molar-refractivity contribution < 1.29 is 27.9 Å². The van der Waals surface area contributed by atoms with Crippen molar-refractivity contribution in [3.63, 3.8) is 0 Å². The monoisotopic (exact) mass is 237 g/mol. The lowest BCUT2D eigenvalue weighted by Gasteiger charge is -2.22. The molecule has 7 heteroatoms. The number of alkyl halides is 3. The summed E-state index contributed by atoms with van der Waals surface area (Å²) in [7, 11) is 0. The third-order valence-electron chi connectivity index (χ3n) is 3.25. The van der Waals surface area contributed by atoms with E-state index in [1.54, 1.807) is 0 Å². The van der Waals surface area contributed by atoms with Gasteiger partial charge < -0.3 is 10.0 Å². The van der Waals surface area contributed by atoms with E-state index in [4.69, 9.17) is 5.11 Å². The first kappa shape index (κ1) is 11.2. The molecule has 0 unspecified atom stereocenters. The molecule has 0 radical (unpaired) electrons. The van der Waals surface area contributed by atoms with Crippen molar-refractivity contribution in [3.8, 4) is 0 Å². The first-order chi connectivity index (χ1) is 7.25. The number of amides is 1. The predicted octanol–water partition coefficient (Wildman–Crippen LogP) is 1.01. The van der Waals surface area contributed by atoms with E-state index in [0.29, 0.717) is 17.7 Å². The Morgan fingerprint density at radius 2 is 1.88 bits per heavy atom. The van der Waals surface area contributed by atoms with Crippen molar-refractivity contribution in [3.05, 3.63) is 0 Å². The normalized spacial score (nSPS) is 27.2. The lowest BCUT2D eigenvalue weighted by Crippen LogP contribution is -2.46. The van der Waals surface area contributed by atoms with Gasteiger partial charge in [-0.2, -0.15) is 13.2 Å². The predicted molar refractivity (Wildman–Crippen MR) is 45.5 cm³/mol. The molecule has 90 valence electrons. The van der Waals surface area contributed by atoms with Gasteiger partial charge in [0.15, 0.2) is 0 Å². The van der Waals surface area contributed by atoms with Crippen molar-refractivity contribution in [2.24, 2.45) is 5.41 Å². The third-order valence-corrected chi connectivity index (χ3v) is 3.25. The van der Waals surface area contributed by atoms with Crippen LogP contribution in [0.25, 0.3) is 0 Å². The maximum absolute atomic E-state index is 12.2. The van der Waals surface area contributed by atoms with Crippen LogP contribution in [-0.4, -0.2) is 40.6 Å². The SMILES string of the molecule is O=C(O)[C@@H]1CC2(CC2)CN1C(=O)C(F)(F)F. The Morgan fingerprint density at radius 3 is 2.25 bits per heavy atom. The summed E-state index contributed by atoms with van der Waals surface area (Å²) in [5.41, 5.74) is -0.357. The number of likely N-dealkylation sites (tertiary alicyclic amines) is 1. The van der Waals surface area contributed by atoms with E-state index in [1.165, 1.54) is 0 Å². The molecule has 1 spiro atoms. The molecule has 1 aliphatic heterocycles. The van der Waals surface area contributed by atoms with Gasteiger partial charge in [0, 0.05) is 6.54 Å². The quantitative estimate of drug-likeness (QED) is 0.740. The molecule has 0 bridgehead atoms. The third kappa shape index (κ3) is 1.74. The van der Waals surface area contributed by atoms with Crippen LogP contribution in [0.5, 0.6) is 0 Å². The van der Waals surface area contributed by atoms with Crippen molar-refractivity contribution >= 4 is 11.9 Å². The van der Waals surface area contributed by atoms with E-state index in [1.807, 2.05) is 0 Å². The van der Waals surface area contributed by atoms with Crippen molar-refractivity contribution in [1.82, 2.24) is 4.90 Å². The summed E-state index contributed by atoms with van der Waals surface area (Å²) in [6.45, 7) is -0.0810. The van der Waals surface area contributed by atoms with Crippen LogP contribution < -0.4 is 0 Å². The number of hydrogen-bond acceptors (Lipinski definition) is 2. The summed E-state index contributed by atoms with van der Waals surface area (Å²) in [5.74, 6) is -3.40. The maximum atomic E-state index is 12.2. The van der Waals surface area contributed by atoms with Crippen molar-refractivity contribution in [1.29, 1.82) is 0 Å². The summed E-state index contributed by atoms with van der Waals surface area (Å²) in [5, 5.41) is 8.80. The highest BCUT2D eigenvalue weighted by Gasteiger charge is 2.58. The van der Waals surface area contributed by atoms with E-state index in [9.17, 15) is 22.8 Å². The van der Waals surface area contributed by atoms with Gasteiger partial charge in [-0.1, -0.05) is 0 Å². The van der Waals surface area contributed by atoms with Crippen LogP contribution >= 0.6 is 0 Å². The molecule has 1 saturated heterocycles. The highest BCUT2D eigenvalue weighted by Crippen LogP contribution is 2.55. The Kier molecular flexibility index (Phi) is 2.18. The number of carbonyl (C=O) groups excluding carboxylic acids is 1. The lowest BCUT2D eigenvalue weighted by molar-refractivity contribution is -0.188. The summed E-state index contributed by atoms with van der Waals surface area (Å²) in [6.07, 6.45) is -3.44. The minimum Gasteiger partial charge on any atom is -0.480 e. The largest absolute Gasteiger partial charge is 0.480 e. The number of carboxylic acids is 1. The smallest absolute Gasteiger partial charge is 0.471 e. The summed E-state index contributed by atoms with van der Waals surface area (Å²) >= 11 is 0.